The van der Waals surface area contributed by atoms with Crippen molar-refractivity contribution in [3.63, 3.8) is 0 Å². The van der Waals surface area contributed by atoms with Gasteiger partial charge in [0.1, 0.15) is 17.9 Å². The van der Waals surface area contributed by atoms with Crippen molar-refractivity contribution in [2.24, 2.45) is 10.7 Å². The predicted molar refractivity (Wildman–Crippen MR) is 109 cm³/mol. The molecule has 0 radical (unpaired) electrons. The van der Waals surface area contributed by atoms with Crippen molar-refractivity contribution in [2.45, 2.75) is 25.0 Å². The Morgan fingerprint density at radius 2 is 2.30 bits per heavy atom. The van der Waals surface area contributed by atoms with Gasteiger partial charge in [0.25, 0.3) is 11.9 Å². The molecule has 2 atom stereocenters. The summed E-state index contributed by atoms with van der Waals surface area (Å²) < 4.78 is 22.7. The van der Waals surface area contributed by atoms with Crippen LogP contribution in [0.25, 0.3) is 0 Å². The van der Waals surface area contributed by atoms with Crippen LogP contribution < -0.4 is 11.1 Å². The molecule has 1 saturated carbocycles. The first kappa shape index (κ1) is 21.5. The zero-order valence-electron chi connectivity index (χ0n) is 16.1. The SMILES string of the molecule is COCc1cc(C#N)cnc1C(=O)Nc1ccc(Cl)c([C@H]2C[C@H]2O/C(N)=N\CF)c1. The highest BCUT2D eigenvalue weighted by Crippen LogP contribution is 2.46. The van der Waals surface area contributed by atoms with Gasteiger partial charge in [0.2, 0.25) is 0 Å². The molecule has 156 valence electrons. The third kappa shape index (κ3) is 5.03. The number of nitrogens with zero attached hydrogens (tertiary/aromatic N) is 3. The van der Waals surface area contributed by atoms with Crippen LogP contribution in [0.5, 0.6) is 0 Å². The minimum absolute atomic E-state index is 0.0418. The van der Waals surface area contributed by atoms with E-state index in [1.165, 1.54) is 13.3 Å². The maximum Gasteiger partial charge on any atom is 0.284 e. The number of halogens is 2. The predicted octanol–water partition coefficient (Wildman–Crippen LogP) is 3.12. The van der Waals surface area contributed by atoms with Crippen LogP contribution in [0.15, 0.2) is 35.5 Å². The monoisotopic (exact) mass is 431 g/mol. The summed E-state index contributed by atoms with van der Waals surface area (Å²) in [6.45, 7) is -0.806. The molecule has 30 heavy (non-hydrogen) atoms. The van der Waals surface area contributed by atoms with Gasteiger partial charge in [-0.1, -0.05) is 11.6 Å². The molecule has 0 spiro atoms. The molecule has 10 heteroatoms. The van der Waals surface area contributed by atoms with Crippen molar-refractivity contribution in [2.75, 3.05) is 19.2 Å². The number of nitrogens with one attached hydrogen (secondary N) is 1. The van der Waals surface area contributed by atoms with E-state index >= 15 is 0 Å². The molecule has 1 aliphatic rings. The fraction of sp³-hybridized carbons (Fsp3) is 0.300. The van der Waals surface area contributed by atoms with Gasteiger partial charge < -0.3 is 20.5 Å². The Balaban J connectivity index is 1.76. The second kappa shape index (κ2) is 9.52. The number of anilines is 1. The van der Waals surface area contributed by atoms with Gasteiger partial charge in [-0.15, -0.1) is 0 Å². The van der Waals surface area contributed by atoms with Crippen molar-refractivity contribution in [3.8, 4) is 6.07 Å². The molecule has 1 aromatic carbocycles. The average molecular weight is 432 g/mol. The zero-order valence-corrected chi connectivity index (χ0v) is 16.8. The number of nitriles is 1. The number of alkyl halides is 1. The van der Waals surface area contributed by atoms with E-state index in [4.69, 9.17) is 32.1 Å². The van der Waals surface area contributed by atoms with Crippen LogP contribution in [-0.4, -0.2) is 36.9 Å². The largest absolute Gasteiger partial charge is 0.461 e. The van der Waals surface area contributed by atoms with Crippen molar-refractivity contribution in [1.29, 1.82) is 5.26 Å². The summed E-state index contributed by atoms with van der Waals surface area (Å²) in [6, 6.07) is 8.43. The van der Waals surface area contributed by atoms with E-state index in [0.717, 1.165) is 5.56 Å². The highest BCUT2D eigenvalue weighted by molar-refractivity contribution is 6.31. The molecular weight excluding hydrogens is 413 g/mol. The molecule has 3 rings (SSSR count). The number of aliphatic imine (C=N–C) groups is 1. The van der Waals surface area contributed by atoms with Gasteiger partial charge in [-0.05, 0) is 36.2 Å². The van der Waals surface area contributed by atoms with Gasteiger partial charge in [0, 0.05) is 35.5 Å². The number of pyridine rings is 1. The van der Waals surface area contributed by atoms with E-state index in [2.05, 4.69) is 15.3 Å². The third-order valence-corrected chi connectivity index (χ3v) is 4.83. The van der Waals surface area contributed by atoms with Crippen LogP contribution >= 0.6 is 11.6 Å². The highest BCUT2D eigenvalue weighted by atomic mass is 35.5. The molecule has 1 fully saturated rings. The number of carbonyl (C=O) groups excluding carboxylic acids is 1. The fourth-order valence-electron chi connectivity index (χ4n) is 3.02. The smallest absolute Gasteiger partial charge is 0.284 e. The fourth-order valence-corrected chi connectivity index (χ4v) is 3.28. The maximum absolute atomic E-state index is 12.7. The average Bonchev–Trinajstić information content (AvgIpc) is 3.48. The van der Waals surface area contributed by atoms with Gasteiger partial charge in [-0.2, -0.15) is 5.26 Å². The normalized spacial score (nSPS) is 17.9. The van der Waals surface area contributed by atoms with Crippen LogP contribution in [0.4, 0.5) is 10.1 Å². The number of nitrogens with two attached hydrogens (primary N) is 1. The zero-order chi connectivity index (χ0) is 21.7. The Labute approximate surface area is 177 Å². The summed E-state index contributed by atoms with van der Waals surface area (Å²) in [4.78, 5) is 20.2. The summed E-state index contributed by atoms with van der Waals surface area (Å²) in [7, 11) is 1.49. The van der Waals surface area contributed by atoms with Crippen molar-refractivity contribution in [1.82, 2.24) is 4.98 Å². The van der Waals surface area contributed by atoms with E-state index in [9.17, 15) is 9.18 Å². The van der Waals surface area contributed by atoms with E-state index < -0.39 is 12.7 Å². The minimum Gasteiger partial charge on any atom is -0.461 e. The first-order valence-electron chi connectivity index (χ1n) is 8.98. The van der Waals surface area contributed by atoms with Gasteiger partial charge in [0.05, 0.1) is 12.2 Å². The summed E-state index contributed by atoms with van der Waals surface area (Å²) in [5.74, 6) is -0.484. The number of amidine groups is 1. The van der Waals surface area contributed by atoms with Gasteiger partial charge in [-0.3, -0.25) is 4.79 Å². The molecule has 2 aromatic rings. The number of carbonyl (C=O) groups is 1. The molecule has 0 bridgehead atoms. The Bertz CT molecular complexity index is 1020. The number of benzene rings is 1. The van der Waals surface area contributed by atoms with E-state index in [-0.39, 0.29) is 30.3 Å². The summed E-state index contributed by atoms with van der Waals surface area (Å²) in [5, 5.41) is 12.3. The molecule has 1 amide bonds. The van der Waals surface area contributed by atoms with Crippen LogP contribution in [0, 0.1) is 11.3 Å². The first-order valence-corrected chi connectivity index (χ1v) is 9.36. The molecule has 1 aromatic heterocycles. The molecule has 0 unspecified atom stereocenters. The number of rotatable bonds is 7. The summed E-state index contributed by atoms with van der Waals surface area (Å²) in [5.41, 5.74) is 7.78. The van der Waals surface area contributed by atoms with Crippen molar-refractivity contribution in [3.05, 3.63) is 57.9 Å². The lowest BCUT2D eigenvalue weighted by Gasteiger charge is -2.11. The molecule has 0 saturated heterocycles. The van der Waals surface area contributed by atoms with Crippen LogP contribution in [0.1, 0.15) is 39.5 Å². The lowest BCUT2D eigenvalue weighted by molar-refractivity contribution is 0.101. The quantitative estimate of drug-likeness (QED) is 0.394. The number of aromatic nitrogens is 1. The molecular formula is C20H19ClFN5O3. The lowest BCUT2D eigenvalue weighted by Crippen LogP contribution is -2.18. The van der Waals surface area contributed by atoms with Crippen molar-refractivity contribution < 1.29 is 18.7 Å². The van der Waals surface area contributed by atoms with Crippen LogP contribution in [-0.2, 0) is 16.1 Å². The van der Waals surface area contributed by atoms with Crippen molar-refractivity contribution >= 4 is 29.2 Å². The first-order chi connectivity index (χ1) is 14.5. The molecule has 3 N–H and O–H groups in total. The highest BCUT2D eigenvalue weighted by Gasteiger charge is 2.42. The topological polar surface area (TPSA) is 123 Å². The molecule has 1 aliphatic carbocycles. The van der Waals surface area contributed by atoms with Gasteiger partial charge in [0.15, 0.2) is 6.80 Å². The number of hydrogen-bond donors (Lipinski definition) is 2. The Morgan fingerprint density at radius 3 is 3.00 bits per heavy atom. The maximum atomic E-state index is 12.7. The molecule has 0 aliphatic heterocycles. The van der Waals surface area contributed by atoms with E-state index in [1.807, 2.05) is 6.07 Å². The number of amides is 1. The van der Waals surface area contributed by atoms with Crippen LogP contribution in [0.3, 0.4) is 0 Å². The number of hydrogen-bond acceptors (Lipinski definition) is 6. The Kier molecular flexibility index (Phi) is 6.82. The van der Waals surface area contributed by atoms with E-state index in [1.54, 1.807) is 24.3 Å². The number of methoxy groups -OCH3 is 1. The molecule has 8 nitrogen and oxygen atoms in total. The summed E-state index contributed by atoms with van der Waals surface area (Å²) in [6.07, 6.45) is 1.73. The summed E-state index contributed by atoms with van der Waals surface area (Å²) >= 11 is 6.30. The van der Waals surface area contributed by atoms with Gasteiger partial charge in [-0.25, -0.2) is 14.4 Å². The second-order valence-corrected chi connectivity index (χ2v) is 6.99. The third-order valence-electron chi connectivity index (χ3n) is 4.48. The second-order valence-electron chi connectivity index (χ2n) is 6.58. The Morgan fingerprint density at radius 1 is 1.50 bits per heavy atom. The van der Waals surface area contributed by atoms with Gasteiger partial charge >= 0.3 is 0 Å². The molecule has 1 heterocycles. The standard InChI is InChI=1S/C20H19ClFN5O3/c1-29-9-12-4-11(7-23)8-25-18(12)19(28)27-13-2-3-16(21)14(5-13)15-6-17(15)30-20(24)26-10-22/h2-5,8,15,17H,6,9-10H2,1H3,(H2,24,26)(H,27,28)/t15-,17-/m1/s1. The number of ether oxygens (including phenoxy) is 2. The minimum atomic E-state index is -0.945. The Hall–Kier alpha value is -3.22. The van der Waals surface area contributed by atoms with E-state index in [0.29, 0.717) is 28.3 Å². The lowest BCUT2D eigenvalue weighted by atomic mass is 10.1. The van der Waals surface area contributed by atoms with Crippen LogP contribution in [0.2, 0.25) is 5.02 Å².